The zero-order chi connectivity index (χ0) is 21.4. The second kappa shape index (κ2) is 8.17. The molecule has 0 N–H and O–H groups in total. The Labute approximate surface area is 183 Å². The quantitative estimate of drug-likeness (QED) is 0.533. The molecule has 1 aliphatic carbocycles. The molecule has 2 fully saturated rings. The normalized spacial score (nSPS) is 20.3. The van der Waals surface area contributed by atoms with Crippen LogP contribution in [0.4, 0.5) is 5.88 Å². The highest BCUT2D eigenvalue weighted by Gasteiger charge is 2.25. The maximum absolute atomic E-state index is 5.90. The van der Waals surface area contributed by atoms with Gasteiger partial charge >= 0.3 is 6.01 Å². The first-order valence-corrected chi connectivity index (χ1v) is 11.0. The molecule has 3 heterocycles. The Morgan fingerprint density at radius 2 is 1.97 bits per heavy atom. The van der Waals surface area contributed by atoms with E-state index in [0.717, 1.165) is 48.0 Å². The van der Waals surface area contributed by atoms with E-state index >= 15 is 0 Å². The number of anilines is 1. The summed E-state index contributed by atoms with van der Waals surface area (Å²) in [6, 6.07) is 8.52. The highest BCUT2D eigenvalue weighted by Crippen LogP contribution is 2.39. The molecule has 31 heavy (non-hydrogen) atoms. The topological polar surface area (TPSA) is 64.3 Å². The van der Waals surface area contributed by atoms with Gasteiger partial charge in [0.25, 0.3) is 0 Å². The van der Waals surface area contributed by atoms with Gasteiger partial charge in [-0.2, -0.15) is 0 Å². The fourth-order valence-electron chi connectivity index (χ4n) is 4.14. The third kappa shape index (κ3) is 4.33. The van der Waals surface area contributed by atoms with Crippen molar-refractivity contribution in [3.63, 3.8) is 0 Å². The first kappa shape index (κ1) is 19.8. The molecule has 0 bridgehead atoms. The van der Waals surface area contributed by atoms with Crippen LogP contribution in [-0.4, -0.2) is 28.2 Å². The fourth-order valence-corrected chi connectivity index (χ4v) is 4.14. The minimum atomic E-state index is 0.397. The predicted molar refractivity (Wildman–Crippen MR) is 120 cm³/mol. The summed E-state index contributed by atoms with van der Waals surface area (Å²) in [7, 11) is 0. The summed E-state index contributed by atoms with van der Waals surface area (Å²) in [5.74, 6) is 2.74. The number of aryl methyl sites for hydroxylation is 1. The summed E-state index contributed by atoms with van der Waals surface area (Å²) in [5.41, 5.74) is 5.88. The molecule has 1 saturated heterocycles. The number of piperidine rings is 1. The molecule has 160 valence electrons. The number of benzene rings is 1. The van der Waals surface area contributed by atoms with Gasteiger partial charge in [-0.3, -0.25) is 0 Å². The summed E-state index contributed by atoms with van der Waals surface area (Å²) in [6.45, 7) is 8.20. The van der Waals surface area contributed by atoms with Crippen LogP contribution in [0.15, 0.2) is 46.8 Å². The molecule has 1 saturated carbocycles. The van der Waals surface area contributed by atoms with Crippen LogP contribution in [0.2, 0.25) is 0 Å². The summed E-state index contributed by atoms with van der Waals surface area (Å²) in [5, 5.41) is 4.11. The van der Waals surface area contributed by atoms with Gasteiger partial charge in [0.1, 0.15) is 5.75 Å². The number of ether oxygens (including phenoxy) is 1. The van der Waals surface area contributed by atoms with Gasteiger partial charge < -0.3 is 14.2 Å². The minimum Gasteiger partial charge on any atom is -0.424 e. The monoisotopic (exact) mass is 416 g/mol. The van der Waals surface area contributed by atoms with Crippen molar-refractivity contribution in [1.82, 2.24) is 15.1 Å². The SMILES string of the molecule is Cc1noc(N2CC/C(=C\c3cccc(Oc4ncc(C5CC5)cn4)c3)C(C)C2)c1C. The summed E-state index contributed by atoms with van der Waals surface area (Å²) < 4.78 is 11.5. The zero-order valence-electron chi connectivity index (χ0n) is 18.3. The number of rotatable bonds is 5. The lowest BCUT2D eigenvalue weighted by atomic mass is 9.91. The molecule has 1 aliphatic heterocycles. The molecule has 5 rings (SSSR count). The lowest BCUT2D eigenvalue weighted by Gasteiger charge is -2.33. The minimum absolute atomic E-state index is 0.397. The molecular formula is C25H28N4O2. The first-order chi connectivity index (χ1) is 15.1. The van der Waals surface area contributed by atoms with Crippen molar-refractivity contribution in [2.24, 2.45) is 5.92 Å². The molecule has 0 spiro atoms. The van der Waals surface area contributed by atoms with Crippen molar-refractivity contribution in [1.29, 1.82) is 0 Å². The Kier molecular flexibility index (Phi) is 5.22. The summed E-state index contributed by atoms with van der Waals surface area (Å²) in [4.78, 5) is 11.0. The van der Waals surface area contributed by atoms with E-state index in [-0.39, 0.29) is 0 Å². The Hall–Kier alpha value is -3.15. The van der Waals surface area contributed by atoms with Crippen LogP contribution in [0.3, 0.4) is 0 Å². The molecule has 2 aromatic heterocycles. The molecule has 2 aliphatic rings. The van der Waals surface area contributed by atoms with Crippen LogP contribution < -0.4 is 9.64 Å². The van der Waals surface area contributed by atoms with Gasteiger partial charge in [-0.15, -0.1) is 0 Å². The Bertz CT molecular complexity index is 1100. The molecule has 6 heteroatoms. The predicted octanol–water partition coefficient (Wildman–Crippen LogP) is 5.68. The van der Waals surface area contributed by atoms with Gasteiger partial charge in [-0.25, -0.2) is 9.97 Å². The molecule has 1 aromatic carbocycles. The van der Waals surface area contributed by atoms with Crippen LogP contribution in [0.1, 0.15) is 54.5 Å². The molecule has 3 aromatic rings. The van der Waals surface area contributed by atoms with E-state index in [2.05, 4.69) is 46.0 Å². The van der Waals surface area contributed by atoms with E-state index in [1.165, 1.54) is 24.0 Å². The van der Waals surface area contributed by atoms with Crippen molar-refractivity contribution < 1.29 is 9.26 Å². The zero-order valence-corrected chi connectivity index (χ0v) is 18.3. The number of nitrogens with zero attached hydrogens (tertiary/aromatic N) is 4. The molecular weight excluding hydrogens is 388 g/mol. The van der Waals surface area contributed by atoms with Crippen molar-refractivity contribution in [3.8, 4) is 11.8 Å². The van der Waals surface area contributed by atoms with Crippen LogP contribution in [0.25, 0.3) is 6.08 Å². The lowest BCUT2D eigenvalue weighted by Crippen LogP contribution is -2.35. The van der Waals surface area contributed by atoms with Crippen LogP contribution in [0, 0.1) is 19.8 Å². The average molecular weight is 417 g/mol. The van der Waals surface area contributed by atoms with Gasteiger partial charge in [0.2, 0.25) is 5.88 Å². The van der Waals surface area contributed by atoms with E-state index in [1.54, 1.807) is 0 Å². The van der Waals surface area contributed by atoms with Crippen molar-refractivity contribution >= 4 is 12.0 Å². The number of hydrogen-bond acceptors (Lipinski definition) is 6. The molecule has 0 radical (unpaired) electrons. The molecule has 0 amide bonds. The van der Waals surface area contributed by atoms with Crippen LogP contribution >= 0.6 is 0 Å². The smallest absolute Gasteiger partial charge is 0.321 e. The Balaban J connectivity index is 1.27. The standard InChI is InChI=1S/C25H28N4O2/c1-16-15-29(24-17(2)18(3)28-31-24)10-9-21(16)11-19-5-4-6-23(12-19)30-25-26-13-22(14-27-25)20-7-8-20/h4-6,11-14,16,20H,7-10,15H2,1-3H3/b21-11+. The third-order valence-corrected chi connectivity index (χ3v) is 6.33. The van der Waals surface area contributed by atoms with Gasteiger partial charge in [0.15, 0.2) is 0 Å². The van der Waals surface area contributed by atoms with E-state index < -0.39 is 0 Å². The van der Waals surface area contributed by atoms with Crippen molar-refractivity contribution in [3.05, 3.63) is 64.6 Å². The van der Waals surface area contributed by atoms with Gasteiger partial charge in [-0.05, 0) is 68.2 Å². The molecule has 1 atom stereocenters. The maximum atomic E-state index is 5.90. The first-order valence-electron chi connectivity index (χ1n) is 11.0. The Morgan fingerprint density at radius 3 is 2.65 bits per heavy atom. The van der Waals surface area contributed by atoms with Gasteiger partial charge in [-0.1, -0.05) is 35.9 Å². The maximum Gasteiger partial charge on any atom is 0.321 e. The van der Waals surface area contributed by atoms with Gasteiger partial charge in [0, 0.05) is 31.0 Å². The average Bonchev–Trinajstić information content (AvgIpc) is 3.56. The molecule has 1 unspecified atom stereocenters. The van der Waals surface area contributed by atoms with Crippen molar-refractivity contribution in [2.75, 3.05) is 18.0 Å². The second-order valence-corrected chi connectivity index (χ2v) is 8.76. The highest BCUT2D eigenvalue weighted by molar-refractivity contribution is 5.57. The third-order valence-electron chi connectivity index (χ3n) is 6.33. The fraction of sp³-hybridized carbons (Fsp3) is 0.400. The van der Waals surface area contributed by atoms with E-state index in [9.17, 15) is 0 Å². The summed E-state index contributed by atoms with van der Waals surface area (Å²) in [6.07, 6.45) is 9.54. The van der Waals surface area contributed by atoms with Crippen LogP contribution in [0.5, 0.6) is 11.8 Å². The molecule has 6 nitrogen and oxygen atoms in total. The lowest BCUT2D eigenvalue weighted by molar-refractivity contribution is 0.399. The Morgan fingerprint density at radius 1 is 1.16 bits per heavy atom. The van der Waals surface area contributed by atoms with E-state index in [1.807, 2.05) is 37.5 Å². The highest BCUT2D eigenvalue weighted by atomic mass is 16.5. The van der Waals surface area contributed by atoms with E-state index in [0.29, 0.717) is 17.8 Å². The van der Waals surface area contributed by atoms with Gasteiger partial charge in [0.05, 0.1) is 5.69 Å². The number of aromatic nitrogens is 3. The largest absolute Gasteiger partial charge is 0.424 e. The van der Waals surface area contributed by atoms with Crippen LogP contribution in [-0.2, 0) is 0 Å². The van der Waals surface area contributed by atoms with Crippen molar-refractivity contribution in [2.45, 2.75) is 46.0 Å². The number of hydrogen-bond donors (Lipinski definition) is 0. The van der Waals surface area contributed by atoms with E-state index in [4.69, 9.17) is 9.26 Å². The second-order valence-electron chi connectivity index (χ2n) is 8.76. The summed E-state index contributed by atoms with van der Waals surface area (Å²) >= 11 is 0.